The molecule has 2 heterocycles. The molecule has 1 aromatic heterocycles. The molecular formula is C15H19N3O. The van der Waals surface area contributed by atoms with E-state index in [4.69, 9.17) is 0 Å². The SMILES string of the molecule is Cc1[nH]c2ccccc2c1NC(=O)C1CCCNC1. The molecule has 1 fully saturated rings. The zero-order chi connectivity index (χ0) is 13.2. The number of aryl methyl sites for hydroxylation is 1. The predicted molar refractivity (Wildman–Crippen MR) is 77.3 cm³/mol. The number of aromatic nitrogens is 1. The Kier molecular flexibility index (Phi) is 3.25. The van der Waals surface area contributed by atoms with E-state index in [0.717, 1.165) is 48.2 Å². The molecule has 0 saturated carbocycles. The van der Waals surface area contributed by atoms with E-state index in [1.165, 1.54) is 0 Å². The van der Waals surface area contributed by atoms with Gasteiger partial charge in [-0.1, -0.05) is 18.2 Å². The van der Waals surface area contributed by atoms with Crippen molar-refractivity contribution in [2.75, 3.05) is 18.4 Å². The number of piperidine rings is 1. The van der Waals surface area contributed by atoms with E-state index >= 15 is 0 Å². The zero-order valence-electron chi connectivity index (χ0n) is 11.1. The maximum atomic E-state index is 12.3. The summed E-state index contributed by atoms with van der Waals surface area (Å²) in [4.78, 5) is 15.6. The molecule has 2 aromatic rings. The minimum Gasteiger partial charge on any atom is -0.357 e. The molecule has 3 N–H and O–H groups in total. The number of carbonyl (C=O) groups excluding carboxylic acids is 1. The summed E-state index contributed by atoms with van der Waals surface area (Å²) >= 11 is 0. The van der Waals surface area contributed by atoms with Gasteiger partial charge in [0.1, 0.15) is 0 Å². The second kappa shape index (κ2) is 5.05. The average Bonchev–Trinajstić information content (AvgIpc) is 2.76. The summed E-state index contributed by atoms with van der Waals surface area (Å²) in [5.74, 6) is 0.210. The highest BCUT2D eigenvalue weighted by molar-refractivity contribution is 6.03. The molecule has 1 amide bonds. The Morgan fingerprint density at radius 3 is 3.00 bits per heavy atom. The van der Waals surface area contributed by atoms with Crippen LogP contribution in [-0.4, -0.2) is 24.0 Å². The van der Waals surface area contributed by atoms with E-state index in [2.05, 4.69) is 15.6 Å². The first-order valence-electron chi connectivity index (χ1n) is 6.84. The van der Waals surface area contributed by atoms with Crippen LogP contribution in [0.1, 0.15) is 18.5 Å². The van der Waals surface area contributed by atoms with Crippen LogP contribution in [0.25, 0.3) is 10.9 Å². The van der Waals surface area contributed by atoms with Gasteiger partial charge in [0.25, 0.3) is 0 Å². The molecule has 1 aromatic carbocycles. The standard InChI is InChI=1S/C15H19N3O/c1-10-14(12-6-2-3-7-13(12)17-10)18-15(19)11-5-4-8-16-9-11/h2-3,6-7,11,16-17H,4-5,8-9H2,1H3,(H,18,19). The van der Waals surface area contributed by atoms with Crippen molar-refractivity contribution in [1.82, 2.24) is 10.3 Å². The first-order valence-corrected chi connectivity index (χ1v) is 6.84. The summed E-state index contributed by atoms with van der Waals surface area (Å²) in [5, 5.41) is 7.45. The number of fused-ring (bicyclic) bond motifs is 1. The van der Waals surface area contributed by atoms with Crippen LogP contribution in [0.2, 0.25) is 0 Å². The van der Waals surface area contributed by atoms with E-state index in [9.17, 15) is 4.79 Å². The number of hydrogen-bond donors (Lipinski definition) is 3. The fourth-order valence-electron chi connectivity index (χ4n) is 2.74. The lowest BCUT2D eigenvalue weighted by molar-refractivity contribution is -0.120. The smallest absolute Gasteiger partial charge is 0.228 e. The van der Waals surface area contributed by atoms with Crippen molar-refractivity contribution in [3.05, 3.63) is 30.0 Å². The van der Waals surface area contributed by atoms with Crippen molar-refractivity contribution in [2.45, 2.75) is 19.8 Å². The highest BCUT2D eigenvalue weighted by Gasteiger charge is 2.22. The van der Waals surface area contributed by atoms with Crippen LogP contribution in [0.3, 0.4) is 0 Å². The fraction of sp³-hybridized carbons (Fsp3) is 0.400. The van der Waals surface area contributed by atoms with Gasteiger partial charge in [0.15, 0.2) is 0 Å². The van der Waals surface area contributed by atoms with E-state index in [1.54, 1.807) is 0 Å². The van der Waals surface area contributed by atoms with Gasteiger partial charge in [0, 0.05) is 23.1 Å². The number of anilines is 1. The summed E-state index contributed by atoms with van der Waals surface area (Å²) in [6.45, 7) is 3.80. The summed E-state index contributed by atoms with van der Waals surface area (Å²) in [6.07, 6.45) is 2.05. The molecule has 4 nitrogen and oxygen atoms in total. The number of nitrogens with one attached hydrogen (secondary N) is 3. The summed E-state index contributed by atoms with van der Waals surface area (Å²) in [5.41, 5.74) is 3.00. The number of amides is 1. The molecule has 1 aliphatic rings. The zero-order valence-corrected chi connectivity index (χ0v) is 11.1. The second-order valence-corrected chi connectivity index (χ2v) is 5.20. The van der Waals surface area contributed by atoms with Crippen molar-refractivity contribution >= 4 is 22.5 Å². The van der Waals surface area contributed by atoms with Gasteiger partial charge in [-0.25, -0.2) is 0 Å². The monoisotopic (exact) mass is 257 g/mol. The molecule has 0 aliphatic carbocycles. The third-order valence-electron chi connectivity index (χ3n) is 3.81. The second-order valence-electron chi connectivity index (χ2n) is 5.20. The first-order chi connectivity index (χ1) is 9.25. The molecule has 3 rings (SSSR count). The Morgan fingerprint density at radius 1 is 1.37 bits per heavy atom. The van der Waals surface area contributed by atoms with Crippen LogP contribution in [-0.2, 0) is 4.79 Å². The van der Waals surface area contributed by atoms with Gasteiger partial charge < -0.3 is 15.6 Å². The molecular weight excluding hydrogens is 238 g/mol. The predicted octanol–water partition coefficient (Wildman–Crippen LogP) is 2.41. The number of para-hydroxylation sites is 1. The van der Waals surface area contributed by atoms with E-state index in [1.807, 2.05) is 31.2 Å². The van der Waals surface area contributed by atoms with Crippen LogP contribution >= 0.6 is 0 Å². The van der Waals surface area contributed by atoms with Gasteiger partial charge in [-0.15, -0.1) is 0 Å². The highest BCUT2D eigenvalue weighted by atomic mass is 16.1. The molecule has 100 valence electrons. The molecule has 4 heteroatoms. The van der Waals surface area contributed by atoms with Gasteiger partial charge in [0.2, 0.25) is 5.91 Å². The van der Waals surface area contributed by atoms with Gasteiger partial charge in [-0.3, -0.25) is 4.79 Å². The van der Waals surface area contributed by atoms with Crippen LogP contribution in [0, 0.1) is 12.8 Å². The van der Waals surface area contributed by atoms with Crippen molar-refractivity contribution < 1.29 is 4.79 Å². The third kappa shape index (κ3) is 2.36. The minimum absolute atomic E-state index is 0.0850. The summed E-state index contributed by atoms with van der Waals surface area (Å²) in [6, 6.07) is 8.05. The Bertz CT molecular complexity index is 596. The maximum Gasteiger partial charge on any atom is 0.228 e. The number of carbonyl (C=O) groups is 1. The quantitative estimate of drug-likeness (QED) is 0.774. The van der Waals surface area contributed by atoms with Gasteiger partial charge in [0.05, 0.1) is 11.6 Å². The molecule has 1 unspecified atom stereocenters. The number of aromatic amines is 1. The van der Waals surface area contributed by atoms with Gasteiger partial charge in [-0.2, -0.15) is 0 Å². The molecule has 0 bridgehead atoms. The summed E-state index contributed by atoms with van der Waals surface area (Å²) in [7, 11) is 0. The summed E-state index contributed by atoms with van der Waals surface area (Å²) < 4.78 is 0. The fourth-order valence-corrected chi connectivity index (χ4v) is 2.74. The highest BCUT2D eigenvalue weighted by Crippen LogP contribution is 2.27. The lowest BCUT2D eigenvalue weighted by Gasteiger charge is -2.21. The van der Waals surface area contributed by atoms with E-state index in [-0.39, 0.29) is 11.8 Å². The Balaban J connectivity index is 1.84. The molecule has 19 heavy (non-hydrogen) atoms. The first kappa shape index (κ1) is 12.2. The lowest BCUT2D eigenvalue weighted by Crippen LogP contribution is -2.37. The maximum absolute atomic E-state index is 12.3. The molecule has 1 atom stereocenters. The Labute approximate surface area is 112 Å². The minimum atomic E-state index is 0.0850. The van der Waals surface area contributed by atoms with E-state index < -0.39 is 0 Å². The molecule has 0 radical (unpaired) electrons. The number of rotatable bonds is 2. The molecule has 1 saturated heterocycles. The lowest BCUT2D eigenvalue weighted by atomic mass is 9.98. The molecule has 0 spiro atoms. The van der Waals surface area contributed by atoms with Crippen molar-refractivity contribution in [3.8, 4) is 0 Å². The Morgan fingerprint density at radius 2 is 2.21 bits per heavy atom. The number of hydrogen-bond acceptors (Lipinski definition) is 2. The van der Waals surface area contributed by atoms with Gasteiger partial charge >= 0.3 is 0 Å². The average molecular weight is 257 g/mol. The number of H-pyrrole nitrogens is 1. The third-order valence-corrected chi connectivity index (χ3v) is 3.81. The van der Waals surface area contributed by atoms with Gasteiger partial charge in [-0.05, 0) is 32.4 Å². The van der Waals surface area contributed by atoms with E-state index in [0.29, 0.717) is 0 Å². The number of benzene rings is 1. The largest absolute Gasteiger partial charge is 0.357 e. The van der Waals surface area contributed by atoms with Crippen LogP contribution < -0.4 is 10.6 Å². The van der Waals surface area contributed by atoms with Crippen molar-refractivity contribution in [1.29, 1.82) is 0 Å². The normalized spacial score (nSPS) is 19.5. The van der Waals surface area contributed by atoms with Crippen LogP contribution in [0.15, 0.2) is 24.3 Å². The van der Waals surface area contributed by atoms with Crippen molar-refractivity contribution in [2.24, 2.45) is 5.92 Å². The Hall–Kier alpha value is -1.81. The van der Waals surface area contributed by atoms with Crippen LogP contribution in [0.5, 0.6) is 0 Å². The van der Waals surface area contributed by atoms with Crippen molar-refractivity contribution in [3.63, 3.8) is 0 Å². The molecule has 1 aliphatic heterocycles. The van der Waals surface area contributed by atoms with Crippen LogP contribution in [0.4, 0.5) is 5.69 Å². The topological polar surface area (TPSA) is 56.9 Å².